The first-order valence-corrected chi connectivity index (χ1v) is 6.09. The minimum absolute atomic E-state index is 0.0439. The molecule has 0 aromatic heterocycles. The molecule has 1 unspecified atom stereocenters. The van der Waals surface area contributed by atoms with Crippen molar-refractivity contribution < 1.29 is 13.9 Å². The van der Waals surface area contributed by atoms with Gasteiger partial charge in [0.25, 0.3) is 5.91 Å². The van der Waals surface area contributed by atoms with E-state index in [2.05, 4.69) is 0 Å². The van der Waals surface area contributed by atoms with Gasteiger partial charge < -0.3 is 15.4 Å². The van der Waals surface area contributed by atoms with E-state index in [1.165, 1.54) is 12.1 Å². The molecule has 1 saturated heterocycles. The Bertz CT molecular complexity index is 424. The fourth-order valence-electron chi connectivity index (χ4n) is 2.07. The number of carbonyl (C=O) groups is 1. The molecule has 2 rings (SSSR count). The summed E-state index contributed by atoms with van der Waals surface area (Å²) < 4.78 is 18.9. The second kappa shape index (κ2) is 5.25. The summed E-state index contributed by atoms with van der Waals surface area (Å²) in [6.07, 6.45) is 1.31. The smallest absolute Gasteiger partial charge is 0.263 e. The second-order valence-electron chi connectivity index (χ2n) is 4.45. The fourth-order valence-corrected chi connectivity index (χ4v) is 2.07. The molecule has 2 N–H and O–H groups in total. The molecule has 0 saturated carbocycles. The van der Waals surface area contributed by atoms with Crippen LogP contribution in [-0.4, -0.2) is 30.0 Å². The largest absolute Gasteiger partial charge is 0.476 e. The lowest BCUT2D eigenvalue weighted by molar-refractivity contribution is -0.136. The lowest BCUT2D eigenvalue weighted by atomic mass is 10.2. The zero-order valence-electron chi connectivity index (χ0n) is 10.4. The highest BCUT2D eigenvalue weighted by Crippen LogP contribution is 2.26. The van der Waals surface area contributed by atoms with E-state index in [0.29, 0.717) is 0 Å². The van der Waals surface area contributed by atoms with E-state index < -0.39 is 11.9 Å². The number of hydrogen-bond acceptors (Lipinski definition) is 3. The van der Waals surface area contributed by atoms with E-state index in [1.54, 1.807) is 17.9 Å². The van der Waals surface area contributed by atoms with Crippen LogP contribution in [0.25, 0.3) is 0 Å². The third-order valence-electron chi connectivity index (χ3n) is 3.06. The monoisotopic (exact) mass is 252 g/mol. The highest BCUT2D eigenvalue weighted by molar-refractivity contribution is 5.81. The third-order valence-corrected chi connectivity index (χ3v) is 3.06. The number of nitrogens with zero attached hydrogens (tertiary/aromatic N) is 1. The number of likely N-dealkylation sites (tertiary alicyclic amines) is 1. The van der Waals surface area contributed by atoms with Gasteiger partial charge in [-0.05, 0) is 31.9 Å². The third kappa shape index (κ3) is 2.55. The number of rotatable bonds is 3. The molecule has 1 heterocycles. The number of nitrogen functional groups attached to an aromatic ring is 1. The predicted octanol–water partition coefficient (Wildman–Crippen LogP) is 1.80. The molecule has 1 atom stereocenters. The van der Waals surface area contributed by atoms with E-state index in [4.69, 9.17) is 10.5 Å². The molecular formula is C13H17FN2O2. The minimum Gasteiger partial charge on any atom is -0.476 e. The number of halogens is 1. The predicted molar refractivity (Wildman–Crippen MR) is 66.7 cm³/mol. The number of para-hydroxylation sites is 1. The lowest BCUT2D eigenvalue weighted by Gasteiger charge is -2.21. The van der Waals surface area contributed by atoms with Crippen LogP contribution in [0.5, 0.6) is 5.75 Å². The molecule has 1 aliphatic rings. The molecule has 98 valence electrons. The van der Waals surface area contributed by atoms with Gasteiger partial charge in [0.15, 0.2) is 17.7 Å². The van der Waals surface area contributed by atoms with Crippen molar-refractivity contribution in [2.75, 3.05) is 18.8 Å². The van der Waals surface area contributed by atoms with Gasteiger partial charge >= 0.3 is 0 Å². The van der Waals surface area contributed by atoms with Gasteiger partial charge in [0.1, 0.15) is 0 Å². The molecule has 1 amide bonds. The Morgan fingerprint density at radius 1 is 1.44 bits per heavy atom. The van der Waals surface area contributed by atoms with Gasteiger partial charge in [0.2, 0.25) is 0 Å². The first-order chi connectivity index (χ1) is 8.59. The van der Waals surface area contributed by atoms with Gasteiger partial charge in [-0.15, -0.1) is 0 Å². The average Bonchev–Trinajstić information content (AvgIpc) is 2.86. The first kappa shape index (κ1) is 12.7. The van der Waals surface area contributed by atoms with Crippen LogP contribution in [0.15, 0.2) is 18.2 Å². The van der Waals surface area contributed by atoms with Crippen molar-refractivity contribution >= 4 is 11.6 Å². The molecule has 0 spiro atoms. The number of nitrogens with two attached hydrogens (primary N) is 1. The van der Waals surface area contributed by atoms with Crippen LogP contribution in [0, 0.1) is 5.82 Å². The topological polar surface area (TPSA) is 55.6 Å². The summed E-state index contributed by atoms with van der Waals surface area (Å²) in [5, 5.41) is 0. The Labute approximate surface area is 106 Å². The maximum atomic E-state index is 13.5. The summed E-state index contributed by atoms with van der Waals surface area (Å²) in [6.45, 7) is 3.12. The number of amides is 1. The maximum Gasteiger partial charge on any atom is 0.263 e. The summed E-state index contributed by atoms with van der Waals surface area (Å²) in [6, 6.07) is 4.31. The molecule has 0 radical (unpaired) electrons. The van der Waals surface area contributed by atoms with E-state index in [0.717, 1.165) is 25.9 Å². The number of hydrogen-bond donors (Lipinski definition) is 1. The first-order valence-electron chi connectivity index (χ1n) is 6.09. The van der Waals surface area contributed by atoms with Gasteiger partial charge in [-0.2, -0.15) is 0 Å². The van der Waals surface area contributed by atoms with Gasteiger partial charge in [-0.3, -0.25) is 4.79 Å². The van der Waals surface area contributed by atoms with Crippen LogP contribution in [-0.2, 0) is 4.79 Å². The minimum atomic E-state index is -0.720. The van der Waals surface area contributed by atoms with Gasteiger partial charge in [0.05, 0.1) is 5.69 Å². The van der Waals surface area contributed by atoms with Crippen molar-refractivity contribution in [3.8, 4) is 5.75 Å². The van der Waals surface area contributed by atoms with E-state index >= 15 is 0 Å². The van der Waals surface area contributed by atoms with Crippen LogP contribution in [0.1, 0.15) is 19.8 Å². The summed E-state index contributed by atoms with van der Waals surface area (Å²) in [4.78, 5) is 13.7. The fraction of sp³-hybridized carbons (Fsp3) is 0.462. The molecule has 1 aromatic rings. The number of carbonyl (C=O) groups excluding carboxylic acids is 1. The molecule has 4 nitrogen and oxygen atoms in total. The van der Waals surface area contributed by atoms with Crippen LogP contribution in [0.3, 0.4) is 0 Å². The molecule has 18 heavy (non-hydrogen) atoms. The SMILES string of the molecule is CC(Oc1c(N)cccc1F)C(=O)N1CCCC1. The molecule has 1 fully saturated rings. The number of ether oxygens (including phenoxy) is 1. The summed E-state index contributed by atoms with van der Waals surface area (Å²) >= 11 is 0. The van der Waals surface area contributed by atoms with Crippen molar-refractivity contribution in [2.45, 2.75) is 25.9 Å². The Morgan fingerprint density at radius 3 is 2.72 bits per heavy atom. The normalized spacial score (nSPS) is 16.7. The molecule has 1 aliphatic heterocycles. The van der Waals surface area contributed by atoms with Crippen LogP contribution >= 0.6 is 0 Å². The molecule has 1 aromatic carbocycles. The van der Waals surface area contributed by atoms with Crippen LogP contribution in [0.4, 0.5) is 10.1 Å². The Balaban J connectivity index is 2.06. The average molecular weight is 252 g/mol. The van der Waals surface area contributed by atoms with E-state index in [9.17, 15) is 9.18 Å². The van der Waals surface area contributed by atoms with Gasteiger partial charge in [-0.1, -0.05) is 6.07 Å². The molecule has 0 aliphatic carbocycles. The molecule has 0 bridgehead atoms. The summed E-state index contributed by atoms with van der Waals surface area (Å²) in [7, 11) is 0. The highest BCUT2D eigenvalue weighted by atomic mass is 19.1. The van der Waals surface area contributed by atoms with Crippen LogP contribution in [0.2, 0.25) is 0 Å². The Kier molecular flexibility index (Phi) is 3.69. The quantitative estimate of drug-likeness (QED) is 0.834. The molecular weight excluding hydrogens is 235 g/mol. The number of benzene rings is 1. The van der Waals surface area contributed by atoms with E-state index in [-0.39, 0.29) is 17.3 Å². The second-order valence-corrected chi connectivity index (χ2v) is 4.45. The van der Waals surface area contributed by atoms with Crippen LogP contribution < -0.4 is 10.5 Å². The van der Waals surface area contributed by atoms with Crippen molar-refractivity contribution in [3.63, 3.8) is 0 Å². The Morgan fingerprint density at radius 2 is 2.11 bits per heavy atom. The van der Waals surface area contributed by atoms with Crippen molar-refractivity contribution in [1.82, 2.24) is 4.90 Å². The van der Waals surface area contributed by atoms with Gasteiger partial charge in [0, 0.05) is 13.1 Å². The maximum absolute atomic E-state index is 13.5. The standard InChI is InChI=1S/C13H17FN2O2/c1-9(13(17)16-7-2-3-8-16)18-12-10(14)5-4-6-11(12)15/h4-6,9H,2-3,7-8,15H2,1H3. The van der Waals surface area contributed by atoms with Crippen molar-refractivity contribution in [1.29, 1.82) is 0 Å². The lowest BCUT2D eigenvalue weighted by Crippen LogP contribution is -2.38. The Hall–Kier alpha value is -1.78. The summed E-state index contributed by atoms with van der Waals surface area (Å²) in [5.41, 5.74) is 5.84. The number of anilines is 1. The van der Waals surface area contributed by atoms with Crippen molar-refractivity contribution in [3.05, 3.63) is 24.0 Å². The highest BCUT2D eigenvalue weighted by Gasteiger charge is 2.25. The van der Waals surface area contributed by atoms with Gasteiger partial charge in [-0.25, -0.2) is 4.39 Å². The zero-order valence-corrected chi connectivity index (χ0v) is 10.4. The summed E-state index contributed by atoms with van der Waals surface area (Å²) in [5.74, 6) is -0.705. The zero-order chi connectivity index (χ0) is 13.1. The molecule has 5 heteroatoms. The van der Waals surface area contributed by atoms with E-state index in [1.807, 2.05) is 0 Å². The van der Waals surface area contributed by atoms with Crippen molar-refractivity contribution in [2.24, 2.45) is 0 Å².